The highest BCUT2D eigenvalue weighted by atomic mass is 19.1. The van der Waals surface area contributed by atoms with Crippen LogP contribution < -0.4 is 10.6 Å². The first-order chi connectivity index (χ1) is 10.6. The fourth-order valence-electron chi connectivity index (χ4n) is 2.03. The third kappa shape index (κ3) is 3.22. The van der Waals surface area contributed by atoms with Crippen molar-refractivity contribution in [3.8, 4) is 0 Å². The monoisotopic (exact) mass is 303 g/mol. The number of carbonyl (C=O) groups excluding carboxylic acids is 1. The van der Waals surface area contributed by atoms with Gasteiger partial charge in [-0.05, 0) is 25.1 Å². The molecule has 0 spiro atoms. The van der Waals surface area contributed by atoms with Crippen LogP contribution in [0.2, 0.25) is 0 Å². The molecule has 114 valence electrons. The third-order valence-electron chi connectivity index (χ3n) is 3.01. The van der Waals surface area contributed by atoms with Gasteiger partial charge in [-0.2, -0.15) is 0 Å². The number of fused-ring (bicyclic) bond motifs is 1. The van der Waals surface area contributed by atoms with Crippen molar-refractivity contribution in [1.29, 1.82) is 0 Å². The molecule has 22 heavy (non-hydrogen) atoms. The van der Waals surface area contributed by atoms with Crippen molar-refractivity contribution in [2.75, 3.05) is 11.9 Å². The first-order valence-corrected chi connectivity index (χ1v) is 6.72. The maximum absolute atomic E-state index is 13.1. The molecular weight excluding hydrogens is 289 g/mol. The molecule has 2 heterocycles. The smallest absolute Gasteiger partial charge is 0.321 e. The van der Waals surface area contributed by atoms with Gasteiger partial charge >= 0.3 is 6.03 Å². The van der Waals surface area contributed by atoms with Crippen LogP contribution in [0.25, 0.3) is 11.0 Å². The van der Waals surface area contributed by atoms with Crippen molar-refractivity contribution in [1.82, 2.24) is 20.4 Å². The van der Waals surface area contributed by atoms with Crippen molar-refractivity contribution in [3.05, 3.63) is 41.6 Å². The molecule has 0 aliphatic heterocycles. The number of hydrogen-bond acceptors (Lipinski definition) is 4. The summed E-state index contributed by atoms with van der Waals surface area (Å²) in [4.78, 5) is 19.0. The van der Waals surface area contributed by atoms with Gasteiger partial charge in [0.2, 0.25) is 5.88 Å². The minimum absolute atomic E-state index is 0.286. The van der Waals surface area contributed by atoms with E-state index in [0.29, 0.717) is 35.5 Å². The molecule has 0 aliphatic carbocycles. The lowest BCUT2D eigenvalue weighted by atomic mass is 10.3. The molecule has 7 nitrogen and oxygen atoms in total. The van der Waals surface area contributed by atoms with E-state index in [1.807, 2.05) is 0 Å². The number of amides is 2. The number of urea groups is 1. The Balaban J connectivity index is 1.52. The average Bonchev–Trinajstić information content (AvgIpc) is 3.04. The lowest BCUT2D eigenvalue weighted by molar-refractivity contribution is 0.251. The van der Waals surface area contributed by atoms with Crippen molar-refractivity contribution in [2.45, 2.75) is 13.3 Å². The predicted molar refractivity (Wildman–Crippen MR) is 78.0 cm³/mol. The number of benzene rings is 1. The molecule has 8 heteroatoms. The van der Waals surface area contributed by atoms with Crippen molar-refractivity contribution in [2.24, 2.45) is 0 Å². The number of nitrogens with zero attached hydrogens (tertiary/aromatic N) is 2. The number of aromatic nitrogens is 3. The normalized spacial score (nSPS) is 10.8. The molecule has 0 unspecified atom stereocenters. The van der Waals surface area contributed by atoms with Gasteiger partial charge < -0.3 is 14.8 Å². The fourth-order valence-corrected chi connectivity index (χ4v) is 2.03. The van der Waals surface area contributed by atoms with Crippen molar-refractivity contribution < 1.29 is 13.7 Å². The quantitative estimate of drug-likeness (QED) is 0.689. The van der Waals surface area contributed by atoms with Crippen LogP contribution >= 0.6 is 0 Å². The molecule has 3 rings (SSSR count). The van der Waals surface area contributed by atoms with Gasteiger partial charge in [0, 0.05) is 19.0 Å². The number of halogens is 1. The van der Waals surface area contributed by atoms with Gasteiger partial charge in [0.25, 0.3) is 0 Å². The molecule has 0 saturated carbocycles. The Labute approximate surface area is 124 Å². The number of rotatable bonds is 4. The van der Waals surface area contributed by atoms with Gasteiger partial charge in [-0.25, -0.2) is 14.2 Å². The van der Waals surface area contributed by atoms with E-state index >= 15 is 0 Å². The van der Waals surface area contributed by atoms with Crippen LogP contribution in [0.3, 0.4) is 0 Å². The molecule has 2 amide bonds. The van der Waals surface area contributed by atoms with E-state index in [0.717, 1.165) is 0 Å². The molecule has 0 atom stereocenters. The van der Waals surface area contributed by atoms with Crippen LogP contribution in [0.1, 0.15) is 11.5 Å². The summed E-state index contributed by atoms with van der Waals surface area (Å²) in [5.74, 6) is 0.646. The van der Waals surface area contributed by atoms with Crippen LogP contribution in [0, 0.1) is 12.7 Å². The van der Waals surface area contributed by atoms with Gasteiger partial charge in [0.05, 0.1) is 16.7 Å². The second-order valence-electron chi connectivity index (χ2n) is 4.81. The highest BCUT2D eigenvalue weighted by molar-refractivity contribution is 5.87. The number of nitrogens with one attached hydrogen (secondary N) is 3. The van der Waals surface area contributed by atoms with E-state index in [2.05, 4.69) is 25.8 Å². The molecule has 3 N–H and O–H groups in total. The molecule has 1 aromatic carbocycles. The first kappa shape index (κ1) is 14.1. The molecular formula is C14H14FN5O2. The van der Waals surface area contributed by atoms with Gasteiger partial charge in [-0.3, -0.25) is 5.32 Å². The minimum Gasteiger partial charge on any atom is -0.342 e. The van der Waals surface area contributed by atoms with Crippen LogP contribution in [0.5, 0.6) is 0 Å². The summed E-state index contributed by atoms with van der Waals surface area (Å²) < 4.78 is 18.0. The first-order valence-electron chi connectivity index (χ1n) is 6.72. The molecule has 0 radical (unpaired) electrons. The number of hydrogen-bond donors (Lipinski definition) is 3. The SMILES string of the molecule is Cc1cc(NC(=O)NCCc2nc3ccc(F)cc3[nH]2)on1. The molecule has 3 aromatic rings. The Morgan fingerprint density at radius 2 is 2.27 bits per heavy atom. The number of H-pyrrole nitrogens is 1. The molecule has 0 aliphatic rings. The van der Waals surface area contributed by atoms with Crippen LogP contribution in [0.4, 0.5) is 15.1 Å². The Morgan fingerprint density at radius 3 is 3.05 bits per heavy atom. The summed E-state index contributed by atoms with van der Waals surface area (Å²) >= 11 is 0. The maximum Gasteiger partial charge on any atom is 0.321 e. The third-order valence-corrected chi connectivity index (χ3v) is 3.01. The fraction of sp³-hybridized carbons (Fsp3) is 0.214. The average molecular weight is 303 g/mol. The predicted octanol–water partition coefficient (Wildman–Crippen LogP) is 2.36. The Morgan fingerprint density at radius 1 is 1.41 bits per heavy atom. The van der Waals surface area contributed by atoms with E-state index in [1.165, 1.54) is 12.1 Å². The van der Waals surface area contributed by atoms with Crippen molar-refractivity contribution in [3.63, 3.8) is 0 Å². The Hall–Kier alpha value is -2.90. The summed E-state index contributed by atoms with van der Waals surface area (Å²) in [6.07, 6.45) is 0.499. The second-order valence-corrected chi connectivity index (χ2v) is 4.81. The maximum atomic E-state index is 13.1. The van der Waals surface area contributed by atoms with Crippen molar-refractivity contribution >= 4 is 22.9 Å². The topological polar surface area (TPSA) is 95.8 Å². The van der Waals surface area contributed by atoms with E-state index < -0.39 is 6.03 Å². The van der Waals surface area contributed by atoms with Crippen LogP contribution in [0.15, 0.2) is 28.8 Å². The van der Waals surface area contributed by atoms with Gasteiger partial charge in [0.15, 0.2) is 0 Å². The number of carbonyl (C=O) groups is 1. The van der Waals surface area contributed by atoms with E-state index in [1.54, 1.807) is 19.1 Å². The zero-order valence-electron chi connectivity index (χ0n) is 11.8. The van der Waals surface area contributed by atoms with Gasteiger partial charge in [-0.1, -0.05) is 5.16 Å². The lowest BCUT2D eigenvalue weighted by Crippen LogP contribution is -2.30. The summed E-state index contributed by atoms with van der Waals surface area (Å²) in [7, 11) is 0. The summed E-state index contributed by atoms with van der Waals surface area (Å²) in [5, 5.41) is 8.86. The number of aryl methyl sites for hydroxylation is 1. The number of imidazole rings is 1. The molecule has 0 saturated heterocycles. The molecule has 2 aromatic heterocycles. The zero-order valence-corrected chi connectivity index (χ0v) is 11.8. The zero-order chi connectivity index (χ0) is 15.5. The Bertz CT molecular complexity index is 811. The second kappa shape index (κ2) is 5.84. The number of aromatic amines is 1. The van der Waals surface area contributed by atoms with E-state index in [9.17, 15) is 9.18 Å². The van der Waals surface area contributed by atoms with Gasteiger partial charge in [0.1, 0.15) is 11.6 Å². The van der Waals surface area contributed by atoms with Crippen LogP contribution in [-0.2, 0) is 6.42 Å². The highest BCUT2D eigenvalue weighted by Crippen LogP contribution is 2.13. The summed E-state index contributed by atoms with van der Waals surface area (Å²) in [6, 6.07) is 5.58. The van der Waals surface area contributed by atoms with E-state index in [4.69, 9.17) is 4.52 Å². The molecule has 0 fully saturated rings. The highest BCUT2D eigenvalue weighted by Gasteiger charge is 2.07. The standard InChI is InChI=1S/C14H14FN5O2/c1-8-6-13(22-20-8)19-14(21)16-5-4-12-17-10-3-2-9(15)7-11(10)18-12/h2-3,6-7H,4-5H2,1H3,(H,17,18)(H2,16,19,21). The lowest BCUT2D eigenvalue weighted by Gasteiger charge is -2.03. The number of anilines is 1. The summed E-state index contributed by atoms with van der Waals surface area (Å²) in [5.41, 5.74) is 2.01. The van der Waals surface area contributed by atoms with Crippen LogP contribution in [-0.4, -0.2) is 27.7 Å². The van der Waals surface area contributed by atoms with Gasteiger partial charge in [-0.15, -0.1) is 0 Å². The molecule has 0 bridgehead atoms. The van der Waals surface area contributed by atoms with E-state index in [-0.39, 0.29) is 11.7 Å². The summed E-state index contributed by atoms with van der Waals surface area (Å²) in [6.45, 7) is 2.14. The Kier molecular flexibility index (Phi) is 3.73. The minimum atomic E-state index is -0.390. The largest absolute Gasteiger partial charge is 0.342 e.